The molecule has 5 rings (SSSR count). The molecular weight excluding hydrogens is 457 g/mol. The largest absolute Gasteiger partial charge is 0.379 e. The van der Waals surface area contributed by atoms with Gasteiger partial charge in [-0.15, -0.1) is 0 Å². The molecule has 1 saturated carbocycles. The highest BCUT2D eigenvalue weighted by Crippen LogP contribution is 2.26. The van der Waals surface area contributed by atoms with Crippen molar-refractivity contribution in [2.75, 3.05) is 38.0 Å². The highest BCUT2D eigenvalue weighted by molar-refractivity contribution is 6.00. The standard InChI is InChI=1S/C23H28FN7O4/c1-25-20-10-19(29-21-13(11-26-31(20)21)22(32)28-15-6-5-14(15)24)27-16-4-3-8-30(23(16)33)17-7-9-35-12-18(17)34-2/h3-4,8,10-11,14-15,17-18,25H,5-7,9,12H2,1-2H3,(H,27,29)(H,28,32)/t14-,15+,17-,18+/m1/s1. The maximum Gasteiger partial charge on any atom is 0.274 e. The van der Waals surface area contributed by atoms with E-state index in [-0.39, 0.29) is 28.9 Å². The molecule has 4 atom stereocenters. The van der Waals surface area contributed by atoms with Gasteiger partial charge in [-0.05, 0) is 31.4 Å². The summed E-state index contributed by atoms with van der Waals surface area (Å²) in [4.78, 5) is 30.6. The van der Waals surface area contributed by atoms with E-state index in [0.29, 0.717) is 49.8 Å². The molecule has 3 aromatic heterocycles. The number of nitrogens with one attached hydrogen (secondary N) is 3. The molecule has 2 aliphatic rings. The van der Waals surface area contributed by atoms with Crippen LogP contribution in [0.3, 0.4) is 0 Å². The number of fused-ring (bicyclic) bond motifs is 1. The summed E-state index contributed by atoms with van der Waals surface area (Å²) in [7, 11) is 3.32. The van der Waals surface area contributed by atoms with E-state index in [1.54, 1.807) is 43.1 Å². The zero-order valence-electron chi connectivity index (χ0n) is 19.5. The molecule has 2 fully saturated rings. The Morgan fingerprint density at radius 2 is 2.17 bits per heavy atom. The van der Waals surface area contributed by atoms with Gasteiger partial charge in [0.05, 0.1) is 24.9 Å². The third-order valence-corrected chi connectivity index (χ3v) is 6.65. The number of carbonyl (C=O) groups is 1. The molecule has 1 saturated heterocycles. The van der Waals surface area contributed by atoms with Crippen LogP contribution in [-0.4, -0.2) is 70.8 Å². The number of carbonyl (C=O) groups excluding carboxylic acids is 1. The number of anilines is 3. The summed E-state index contributed by atoms with van der Waals surface area (Å²) < 4.78 is 27.8. The maximum atomic E-state index is 13.7. The van der Waals surface area contributed by atoms with Crippen LogP contribution in [0.15, 0.2) is 35.4 Å². The number of amides is 1. The molecule has 0 aromatic carbocycles. The van der Waals surface area contributed by atoms with E-state index in [9.17, 15) is 14.0 Å². The molecule has 0 spiro atoms. The summed E-state index contributed by atoms with van der Waals surface area (Å²) in [5.74, 6) is 0.475. The van der Waals surface area contributed by atoms with E-state index < -0.39 is 18.1 Å². The highest BCUT2D eigenvalue weighted by Gasteiger charge is 2.33. The number of hydrogen-bond acceptors (Lipinski definition) is 8. The number of nitrogens with zero attached hydrogens (tertiary/aromatic N) is 4. The quantitative estimate of drug-likeness (QED) is 0.464. The smallest absolute Gasteiger partial charge is 0.274 e. The fourth-order valence-electron chi connectivity index (χ4n) is 4.48. The lowest BCUT2D eigenvalue weighted by atomic mass is 9.90. The van der Waals surface area contributed by atoms with Crippen LogP contribution in [-0.2, 0) is 9.47 Å². The summed E-state index contributed by atoms with van der Waals surface area (Å²) in [5.41, 5.74) is 0.610. The van der Waals surface area contributed by atoms with Crippen LogP contribution in [0.5, 0.6) is 0 Å². The van der Waals surface area contributed by atoms with Gasteiger partial charge in [0.15, 0.2) is 5.65 Å². The number of hydrogen-bond donors (Lipinski definition) is 3. The molecule has 186 valence electrons. The number of halogens is 1. The van der Waals surface area contributed by atoms with E-state index in [1.807, 2.05) is 0 Å². The molecule has 0 unspecified atom stereocenters. The fraction of sp³-hybridized carbons (Fsp3) is 0.478. The average molecular weight is 486 g/mol. The van der Waals surface area contributed by atoms with Crippen molar-refractivity contribution in [1.82, 2.24) is 24.5 Å². The first-order valence-electron chi connectivity index (χ1n) is 11.6. The summed E-state index contributed by atoms with van der Waals surface area (Å²) in [6, 6.07) is 4.50. The third kappa shape index (κ3) is 4.34. The topological polar surface area (TPSA) is 124 Å². The van der Waals surface area contributed by atoms with Crippen molar-refractivity contribution < 1.29 is 18.7 Å². The number of pyridine rings is 1. The number of methoxy groups -OCH3 is 1. The number of aromatic nitrogens is 4. The monoisotopic (exact) mass is 485 g/mol. The lowest BCUT2D eigenvalue weighted by Crippen LogP contribution is -2.48. The average Bonchev–Trinajstić information content (AvgIpc) is 3.31. The normalized spacial score (nSPS) is 24.1. The summed E-state index contributed by atoms with van der Waals surface area (Å²) >= 11 is 0. The predicted molar refractivity (Wildman–Crippen MR) is 127 cm³/mol. The first-order chi connectivity index (χ1) is 17.0. The lowest BCUT2D eigenvalue weighted by molar-refractivity contribution is -0.0609. The van der Waals surface area contributed by atoms with Crippen LogP contribution in [0.4, 0.5) is 21.7 Å². The van der Waals surface area contributed by atoms with Crippen molar-refractivity contribution in [2.45, 2.75) is 43.6 Å². The second-order valence-electron chi connectivity index (χ2n) is 8.71. The van der Waals surface area contributed by atoms with Crippen LogP contribution in [0.1, 0.15) is 35.7 Å². The predicted octanol–water partition coefficient (Wildman–Crippen LogP) is 1.88. The maximum absolute atomic E-state index is 13.7. The highest BCUT2D eigenvalue weighted by atomic mass is 19.1. The van der Waals surface area contributed by atoms with Crippen molar-refractivity contribution in [2.24, 2.45) is 0 Å². The Kier molecular flexibility index (Phi) is 6.39. The van der Waals surface area contributed by atoms with Crippen LogP contribution < -0.4 is 21.5 Å². The van der Waals surface area contributed by atoms with Gasteiger partial charge in [0.2, 0.25) is 0 Å². The van der Waals surface area contributed by atoms with Crippen molar-refractivity contribution >= 4 is 28.9 Å². The fourth-order valence-corrected chi connectivity index (χ4v) is 4.48. The van der Waals surface area contributed by atoms with Crippen LogP contribution in [0, 0.1) is 0 Å². The Hall–Kier alpha value is -3.51. The molecule has 1 aliphatic carbocycles. The molecule has 0 radical (unpaired) electrons. The third-order valence-electron chi connectivity index (χ3n) is 6.65. The van der Waals surface area contributed by atoms with E-state index in [2.05, 4.69) is 26.0 Å². The SMILES string of the molecule is CNc1cc(Nc2cccn([C@@H]3CCOC[C@@H]3OC)c2=O)nc2c(C(=O)N[C@H]3CC[C@H]3F)cnn12. The summed E-state index contributed by atoms with van der Waals surface area (Å²) in [5, 5.41) is 13.1. The second-order valence-corrected chi connectivity index (χ2v) is 8.71. The van der Waals surface area contributed by atoms with Crippen molar-refractivity contribution in [3.8, 4) is 0 Å². The van der Waals surface area contributed by atoms with Crippen LogP contribution in [0.25, 0.3) is 5.65 Å². The van der Waals surface area contributed by atoms with Gasteiger partial charge in [0.1, 0.15) is 35.2 Å². The van der Waals surface area contributed by atoms with Gasteiger partial charge in [0, 0.05) is 33.0 Å². The van der Waals surface area contributed by atoms with Crippen molar-refractivity contribution in [3.05, 3.63) is 46.5 Å². The van der Waals surface area contributed by atoms with Crippen LogP contribution >= 0.6 is 0 Å². The molecule has 11 nitrogen and oxygen atoms in total. The van der Waals surface area contributed by atoms with Gasteiger partial charge >= 0.3 is 0 Å². The van der Waals surface area contributed by atoms with Gasteiger partial charge < -0.3 is 30.0 Å². The van der Waals surface area contributed by atoms with E-state index >= 15 is 0 Å². The van der Waals surface area contributed by atoms with Gasteiger partial charge in [-0.25, -0.2) is 9.37 Å². The Labute approximate surface area is 200 Å². The molecule has 12 heteroatoms. The molecule has 35 heavy (non-hydrogen) atoms. The lowest BCUT2D eigenvalue weighted by Gasteiger charge is -2.32. The molecule has 1 aliphatic heterocycles. The molecule has 1 amide bonds. The summed E-state index contributed by atoms with van der Waals surface area (Å²) in [6.07, 6.45) is 3.59. The minimum Gasteiger partial charge on any atom is -0.379 e. The van der Waals surface area contributed by atoms with Crippen LogP contribution in [0.2, 0.25) is 0 Å². The van der Waals surface area contributed by atoms with Gasteiger partial charge in [0.25, 0.3) is 11.5 Å². The Balaban J connectivity index is 1.46. The number of rotatable bonds is 7. The second kappa shape index (κ2) is 9.62. The Morgan fingerprint density at radius 3 is 2.89 bits per heavy atom. The van der Waals surface area contributed by atoms with E-state index in [1.165, 1.54) is 10.7 Å². The minimum atomic E-state index is -1.03. The first kappa shape index (κ1) is 23.2. The molecule has 4 heterocycles. The molecule has 0 bridgehead atoms. The van der Waals surface area contributed by atoms with Crippen molar-refractivity contribution in [3.63, 3.8) is 0 Å². The zero-order valence-corrected chi connectivity index (χ0v) is 19.5. The molecule has 3 N–H and O–H groups in total. The van der Waals surface area contributed by atoms with E-state index in [0.717, 1.165) is 0 Å². The summed E-state index contributed by atoms with van der Waals surface area (Å²) in [6.45, 7) is 0.972. The zero-order chi connectivity index (χ0) is 24.5. The minimum absolute atomic E-state index is 0.151. The number of ether oxygens (including phenoxy) is 2. The molecular formula is C23H28FN7O4. The Bertz CT molecular complexity index is 1290. The number of alkyl halides is 1. The van der Waals surface area contributed by atoms with Gasteiger partial charge in [-0.2, -0.15) is 9.61 Å². The van der Waals surface area contributed by atoms with Crippen molar-refractivity contribution in [1.29, 1.82) is 0 Å². The van der Waals surface area contributed by atoms with E-state index in [4.69, 9.17) is 9.47 Å². The first-order valence-corrected chi connectivity index (χ1v) is 11.6. The Morgan fingerprint density at radius 1 is 1.31 bits per heavy atom. The van der Waals surface area contributed by atoms with Gasteiger partial charge in [-0.1, -0.05) is 0 Å². The van der Waals surface area contributed by atoms with Gasteiger partial charge in [-0.3, -0.25) is 9.59 Å². The molecule has 3 aromatic rings.